The van der Waals surface area contributed by atoms with Gasteiger partial charge in [0.1, 0.15) is 12.2 Å². The first-order valence-corrected chi connectivity index (χ1v) is 7.17. The number of aromatic nitrogens is 3. The molecule has 10 heteroatoms. The highest BCUT2D eigenvalue weighted by Crippen LogP contribution is 2.38. The monoisotopic (exact) mass is 350 g/mol. The zero-order chi connectivity index (χ0) is 18.4. The molecule has 2 aromatic rings. The molecule has 1 aromatic heterocycles. The van der Waals surface area contributed by atoms with E-state index in [1.165, 1.54) is 44.3 Å². The molecule has 0 aliphatic rings. The third-order valence-electron chi connectivity index (χ3n) is 3.24. The van der Waals surface area contributed by atoms with Gasteiger partial charge in [0.05, 0.1) is 34.1 Å². The molecule has 25 heavy (non-hydrogen) atoms. The minimum absolute atomic E-state index is 0.0924. The molecule has 0 unspecified atom stereocenters. The minimum Gasteiger partial charge on any atom is -0.493 e. The van der Waals surface area contributed by atoms with E-state index in [0.717, 1.165) is 0 Å². The Hall–Kier alpha value is -3.30. The molecular weight excluding hydrogens is 332 g/mol. The molecule has 1 aromatic carbocycles. The van der Waals surface area contributed by atoms with Crippen molar-refractivity contribution in [2.24, 2.45) is 0 Å². The van der Waals surface area contributed by atoms with Gasteiger partial charge in [-0.25, -0.2) is 4.68 Å². The number of nitrogens with zero attached hydrogens (tertiary/aromatic N) is 3. The number of carboxylic acid groups (broad SMARTS) is 1. The summed E-state index contributed by atoms with van der Waals surface area (Å²) in [6.07, 6.45) is 1.45. The number of carboxylic acids is 1. The van der Waals surface area contributed by atoms with Crippen molar-refractivity contribution in [2.75, 3.05) is 21.3 Å². The maximum absolute atomic E-state index is 12.3. The Morgan fingerprint density at radius 1 is 1.16 bits per heavy atom. The van der Waals surface area contributed by atoms with E-state index >= 15 is 0 Å². The van der Waals surface area contributed by atoms with Gasteiger partial charge in [-0.2, -0.15) is 0 Å². The fourth-order valence-electron chi connectivity index (χ4n) is 2.12. The Morgan fingerprint density at radius 3 is 2.32 bits per heavy atom. The second-order valence-electron chi connectivity index (χ2n) is 4.90. The maximum Gasteiger partial charge on any atom is 0.325 e. The van der Waals surface area contributed by atoms with Crippen molar-refractivity contribution >= 4 is 11.9 Å². The molecule has 0 bridgehead atoms. The molecule has 2 rings (SSSR count). The summed E-state index contributed by atoms with van der Waals surface area (Å²) in [7, 11) is 4.39. The average Bonchev–Trinajstić information content (AvgIpc) is 3.04. The number of amides is 1. The predicted octanol–water partition coefficient (Wildman–Crippen LogP) is 0.319. The molecule has 0 aliphatic carbocycles. The Kier molecular flexibility index (Phi) is 5.77. The van der Waals surface area contributed by atoms with Gasteiger partial charge in [-0.05, 0) is 12.1 Å². The molecular formula is C15H18N4O6. The Balaban J connectivity index is 2.10. The Labute approximate surface area is 143 Å². The SMILES string of the molecule is COc1cc(C(=O)NCc2cn(CC(=O)O)nn2)cc(OC)c1OC. The van der Waals surface area contributed by atoms with Crippen LogP contribution in [0.3, 0.4) is 0 Å². The molecule has 0 spiro atoms. The number of carbonyl (C=O) groups excluding carboxylic acids is 1. The third kappa shape index (κ3) is 4.37. The number of hydrogen-bond donors (Lipinski definition) is 2. The van der Waals surface area contributed by atoms with Crippen molar-refractivity contribution in [3.05, 3.63) is 29.6 Å². The maximum atomic E-state index is 12.3. The molecule has 0 aliphatic heterocycles. The lowest BCUT2D eigenvalue weighted by Crippen LogP contribution is -2.23. The minimum atomic E-state index is -1.03. The van der Waals surface area contributed by atoms with Crippen molar-refractivity contribution in [3.8, 4) is 17.2 Å². The van der Waals surface area contributed by atoms with Crippen LogP contribution in [-0.4, -0.2) is 53.3 Å². The van der Waals surface area contributed by atoms with Crippen LogP contribution in [0.5, 0.6) is 17.2 Å². The van der Waals surface area contributed by atoms with Crippen LogP contribution < -0.4 is 19.5 Å². The van der Waals surface area contributed by atoms with Crippen molar-refractivity contribution in [2.45, 2.75) is 13.1 Å². The molecule has 1 heterocycles. The van der Waals surface area contributed by atoms with E-state index in [4.69, 9.17) is 19.3 Å². The first-order chi connectivity index (χ1) is 12.0. The first-order valence-electron chi connectivity index (χ1n) is 7.17. The molecule has 0 atom stereocenters. The van der Waals surface area contributed by atoms with E-state index in [1.54, 1.807) is 0 Å². The predicted molar refractivity (Wildman–Crippen MR) is 84.9 cm³/mol. The molecule has 1 amide bonds. The van der Waals surface area contributed by atoms with E-state index in [1.807, 2.05) is 0 Å². The van der Waals surface area contributed by atoms with Crippen molar-refractivity contribution in [1.29, 1.82) is 0 Å². The number of benzene rings is 1. The third-order valence-corrected chi connectivity index (χ3v) is 3.24. The van der Waals surface area contributed by atoms with Crippen LogP contribution in [0.1, 0.15) is 16.1 Å². The van der Waals surface area contributed by atoms with E-state index in [-0.39, 0.29) is 19.0 Å². The van der Waals surface area contributed by atoms with Crippen LogP contribution in [0.25, 0.3) is 0 Å². The summed E-state index contributed by atoms with van der Waals surface area (Å²) in [6.45, 7) is -0.205. The van der Waals surface area contributed by atoms with Gasteiger partial charge in [0.15, 0.2) is 11.5 Å². The molecule has 0 radical (unpaired) electrons. The molecule has 10 nitrogen and oxygen atoms in total. The molecule has 2 N–H and O–H groups in total. The largest absolute Gasteiger partial charge is 0.493 e. The lowest BCUT2D eigenvalue weighted by Gasteiger charge is -2.13. The summed E-state index contributed by atoms with van der Waals surface area (Å²) in [6, 6.07) is 3.05. The Morgan fingerprint density at radius 2 is 1.80 bits per heavy atom. The summed E-state index contributed by atoms with van der Waals surface area (Å²) >= 11 is 0. The molecule has 0 fully saturated rings. The van der Waals surface area contributed by atoms with Gasteiger partial charge in [-0.1, -0.05) is 5.21 Å². The number of methoxy groups -OCH3 is 3. The average molecular weight is 350 g/mol. The van der Waals surface area contributed by atoms with Crippen molar-refractivity contribution < 1.29 is 28.9 Å². The fourth-order valence-corrected chi connectivity index (χ4v) is 2.12. The zero-order valence-corrected chi connectivity index (χ0v) is 14.0. The van der Waals surface area contributed by atoms with Crippen LogP contribution in [-0.2, 0) is 17.9 Å². The lowest BCUT2D eigenvalue weighted by molar-refractivity contribution is -0.137. The first kappa shape index (κ1) is 18.0. The highest BCUT2D eigenvalue weighted by atomic mass is 16.5. The van der Waals surface area contributed by atoms with Crippen LogP contribution in [0.15, 0.2) is 18.3 Å². The summed E-state index contributed by atoms with van der Waals surface area (Å²) in [5.74, 6) is -0.304. The highest BCUT2D eigenvalue weighted by molar-refractivity contribution is 5.95. The number of hydrogen-bond acceptors (Lipinski definition) is 7. The molecule has 0 saturated heterocycles. The quantitative estimate of drug-likeness (QED) is 0.697. The van der Waals surface area contributed by atoms with E-state index in [9.17, 15) is 9.59 Å². The van der Waals surface area contributed by atoms with Gasteiger partial charge in [0.25, 0.3) is 5.91 Å². The van der Waals surface area contributed by atoms with Gasteiger partial charge < -0.3 is 24.6 Å². The van der Waals surface area contributed by atoms with Gasteiger partial charge in [-0.3, -0.25) is 9.59 Å². The van der Waals surface area contributed by atoms with Crippen molar-refractivity contribution in [1.82, 2.24) is 20.3 Å². The van der Waals surface area contributed by atoms with Gasteiger partial charge in [0.2, 0.25) is 5.75 Å². The summed E-state index contributed by atoms with van der Waals surface area (Å²) in [4.78, 5) is 22.9. The summed E-state index contributed by atoms with van der Waals surface area (Å²) in [5, 5.41) is 18.8. The summed E-state index contributed by atoms with van der Waals surface area (Å²) < 4.78 is 16.8. The number of carbonyl (C=O) groups is 2. The smallest absolute Gasteiger partial charge is 0.325 e. The van der Waals surface area contributed by atoms with Crippen LogP contribution >= 0.6 is 0 Å². The van der Waals surface area contributed by atoms with E-state index in [0.29, 0.717) is 28.5 Å². The fraction of sp³-hybridized carbons (Fsp3) is 0.333. The lowest BCUT2D eigenvalue weighted by atomic mass is 10.1. The standard InChI is InChI=1S/C15H18N4O6/c1-23-11-4-9(5-12(24-2)14(11)25-3)15(22)16-6-10-7-19(18-17-10)8-13(20)21/h4-5,7H,6,8H2,1-3H3,(H,16,22)(H,20,21). The number of nitrogens with one attached hydrogen (secondary N) is 1. The highest BCUT2D eigenvalue weighted by Gasteiger charge is 2.17. The zero-order valence-electron chi connectivity index (χ0n) is 14.0. The Bertz CT molecular complexity index is 748. The summed E-state index contributed by atoms with van der Waals surface area (Å²) in [5.41, 5.74) is 0.745. The second-order valence-corrected chi connectivity index (χ2v) is 4.90. The van der Waals surface area contributed by atoms with Gasteiger partial charge in [0, 0.05) is 5.56 Å². The second kappa shape index (κ2) is 7.99. The normalized spacial score (nSPS) is 10.2. The number of aliphatic carboxylic acids is 1. The topological polar surface area (TPSA) is 125 Å². The van der Waals surface area contributed by atoms with Gasteiger partial charge in [-0.15, -0.1) is 5.10 Å². The van der Waals surface area contributed by atoms with Crippen LogP contribution in [0.2, 0.25) is 0 Å². The number of rotatable bonds is 8. The van der Waals surface area contributed by atoms with Gasteiger partial charge >= 0.3 is 5.97 Å². The molecule has 134 valence electrons. The van der Waals surface area contributed by atoms with Crippen LogP contribution in [0.4, 0.5) is 0 Å². The number of ether oxygens (including phenoxy) is 3. The van der Waals surface area contributed by atoms with Crippen molar-refractivity contribution in [3.63, 3.8) is 0 Å². The molecule has 0 saturated carbocycles. The van der Waals surface area contributed by atoms with Crippen LogP contribution in [0, 0.1) is 0 Å². The van der Waals surface area contributed by atoms with E-state index in [2.05, 4.69) is 15.6 Å². The van der Waals surface area contributed by atoms with E-state index < -0.39 is 5.97 Å².